The zero-order valence-electron chi connectivity index (χ0n) is 10.2. The van der Waals surface area contributed by atoms with Crippen molar-refractivity contribution in [2.45, 2.75) is 18.9 Å². The molecule has 3 heteroatoms. The molecule has 92 valence electrons. The van der Waals surface area contributed by atoms with Gasteiger partial charge in [-0.1, -0.05) is 12.1 Å². The van der Waals surface area contributed by atoms with Gasteiger partial charge in [-0.2, -0.15) is 0 Å². The van der Waals surface area contributed by atoms with Gasteiger partial charge in [-0.15, -0.1) is 0 Å². The standard InChI is InChI=1S/C14H20N2O/c1-2-14(15-7-1)12-3-5-13(6-4-12)16-8-10-17-11-9-16/h3-6,14-15H,1-2,7-11H2. The van der Waals surface area contributed by atoms with Crippen LogP contribution >= 0.6 is 0 Å². The molecule has 3 nitrogen and oxygen atoms in total. The van der Waals surface area contributed by atoms with Crippen LogP contribution in [0.2, 0.25) is 0 Å². The van der Waals surface area contributed by atoms with Crippen molar-refractivity contribution in [1.82, 2.24) is 5.32 Å². The van der Waals surface area contributed by atoms with Crippen molar-refractivity contribution in [2.24, 2.45) is 0 Å². The summed E-state index contributed by atoms with van der Waals surface area (Å²) in [6, 6.07) is 9.62. The Morgan fingerprint density at radius 3 is 2.53 bits per heavy atom. The van der Waals surface area contributed by atoms with Crippen LogP contribution in [0.1, 0.15) is 24.4 Å². The summed E-state index contributed by atoms with van der Waals surface area (Å²) in [6.45, 7) is 4.90. The molecule has 2 heterocycles. The van der Waals surface area contributed by atoms with Crippen molar-refractivity contribution in [3.05, 3.63) is 29.8 Å². The van der Waals surface area contributed by atoms with E-state index < -0.39 is 0 Å². The Morgan fingerprint density at radius 2 is 1.88 bits per heavy atom. The summed E-state index contributed by atoms with van der Waals surface area (Å²) in [6.07, 6.45) is 2.58. The van der Waals surface area contributed by atoms with E-state index in [9.17, 15) is 0 Å². The fourth-order valence-electron chi connectivity index (χ4n) is 2.71. The number of hydrogen-bond acceptors (Lipinski definition) is 3. The number of anilines is 1. The third-order valence-electron chi connectivity index (χ3n) is 3.73. The van der Waals surface area contributed by atoms with E-state index in [4.69, 9.17) is 4.74 Å². The first kappa shape index (κ1) is 11.1. The molecule has 0 aliphatic carbocycles. The van der Waals surface area contributed by atoms with Crippen LogP contribution < -0.4 is 10.2 Å². The number of rotatable bonds is 2. The van der Waals surface area contributed by atoms with Crippen LogP contribution in [0.25, 0.3) is 0 Å². The van der Waals surface area contributed by atoms with Gasteiger partial charge < -0.3 is 15.0 Å². The Bertz CT molecular complexity index is 351. The zero-order valence-corrected chi connectivity index (χ0v) is 10.2. The third-order valence-corrected chi connectivity index (χ3v) is 3.73. The van der Waals surface area contributed by atoms with Crippen LogP contribution in [0.3, 0.4) is 0 Å². The summed E-state index contributed by atoms with van der Waals surface area (Å²) in [4.78, 5) is 2.40. The summed E-state index contributed by atoms with van der Waals surface area (Å²) in [5.41, 5.74) is 2.76. The molecule has 2 saturated heterocycles. The van der Waals surface area contributed by atoms with E-state index in [0.717, 1.165) is 32.8 Å². The van der Waals surface area contributed by atoms with Crippen molar-refractivity contribution in [1.29, 1.82) is 0 Å². The van der Waals surface area contributed by atoms with Crippen molar-refractivity contribution >= 4 is 5.69 Å². The average Bonchev–Trinajstić information content (AvgIpc) is 2.94. The molecule has 3 rings (SSSR count). The molecule has 1 N–H and O–H groups in total. The minimum atomic E-state index is 0.578. The van der Waals surface area contributed by atoms with Crippen LogP contribution in [0, 0.1) is 0 Å². The first-order chi connectivity index (χ1) is 8.43. The molecule has 1 aromatic carbocycles. The molecule has 1 aromatic rings. The summed E-state index contributed by atoms with van der Waals surface area (Å²) in [7, 11) is 0. The maximum atomic E-state index is 5.37. The van der Waals surface area contributed by atoms with Gasteiger partial charge in [0.1, 0.15) is 0 Å². The first-order valence-corrected chi connectivity index (χ1v) is 6.59. The maximum Gasteiger partial charge on any atom is 0.0642 e. The second-order valence-corrected chi connectivity index (χ2v) is 4.84. The van der Waals surface area contributed by atoms with Gasteiger partial charge in [-0.05, 0) is 37.1 Å². The van der Waals surface area contributed by atoms with Gasteiger partial charge in [-0.25, -0.2) is 0 Å². The topological polar surface area (TPSA) is 24.5 Å². The van der Waals surface area contributed by atoms with Gasteiger partial charge in [-0.3, -0.25) is 0 Å². The van der Waals surface area contributed by atoms with E-state index >= 15 is 0 Å². The largest absolute Gasteiger partial charge is 0.378 e. The molecule has 1 atom stereocenters. The van der Waals surface area contributed by atoms with Crippen molar-refractivity contribution < 1.29 is 4.74 Å². The van der Waals surface area contributed by atoms with E-state index in [0.29, 0.717) is 6.04 Å². The highest BCUT2D eigenvalue weighted by Gasteiger charge is 2.16. The molecule has 0 saturated carbocycles. The smallest absolute Gasteiger partial charge is 0.0642 e. The second kappa shape index (κ2) is 5.07. The van der Waals surface area contributed by atoms with Crippen LogP contribution in [-0.2, 0) is 4.74 Å². The number of nitrogens with one attached hydrogen (secondary N) is 1. The summed E-state index contributed by atoms with van der Waals surface area (Å²) in [5.74, 6) is 0. The van der Waals surface area contributed by atoms with E-state index in [1.54, 1.807) is 0 Å². The molecule has 0 bridgehead atoms. The molecular weight excluding hydrogens is 212 g/mol. The highest BCUT2D eigenvalue weighted by Crippen LogP contribution is 2.25. The highest BCUT2D eigenvalue weighted by molar-refractivity contribution is 5.48. The van der Waals surface area contributed by atoms with Crippen LogP contribution in [-0.4, -0.2) is 32.8 Å². The lowest BCUT2D eigenvalue weighted by atomic mass is 10.0. The average molecular weight is 232 g/mol. The molecule has 0 aromatic heterocycles. The molecule has 0 amide bonds. The van der Waals surface area contributed by atoms with Crippen molar-refractivity contribution in [2.75, 3.05) is 37.7 Å². The van der Waals surface area contributed by atoms with E-state index in [1.807, 2.05) is 0 Å². The molecule has 0 spiro atoms. The van der Waals surface area contributed by atoms with Crippen LogP contribution in [0.5, 0.6) is 0 Å². The van der Waals surface area contributed by atoms with Crippen molar-refractivity contribution in [3.8, 4) is 0 Å². The first-order valence-electron chi connectivity index (χ1n) is 6.59. The van der Waals surface area contributed by atoms with Crippen LogP contribution in [0.4, 0.5) is 5.69 Å². The lowest BCUT2D eigenvalue weighted by Crippen LogP contribution is -2.36. The van der Waals surface area contributed by atoms with Gasteiger partial charge in [0.05, 0.1) is 13.2 Å². The molecule has 2 aliphatic rings. The second-order valence-electron chi connectivity index (χ2n) is 4.84. The van der Waals surface area contributed by atoms with E-state index in [-0.39, 0.29) is 0 Å². The minimum absolute atomic E-state index is 0.578. The zero-order chi connectivity index (χ0) is 11.5. The van der Waals surface area contributed by atoms with Gasteiger partial charge in [0.25, 0.3) is 0 Å². The van der Waals surface area contributed by atoms with E-state index in [2.05, 4.69) is 34.5 Å². The fourth-order valence-corrected chi connectivity index (χ4v) is 2.71. The highest BCUT2D eigenvalue weighted by atomic mass is 16.5. The molecule has 2 fully saturated rings. The lowest BCUT2D eigenvalue weighted by Gasteiger charge is -2.29. The molecule has 0 radical (unpaired) electrons. The predicted molar refractivity (Wildman–Crippen MR) is 69.5 cm³/mol. The Hall–Kier alpha value is -1.06. The number of nitrogens with zero attached hydrogens (tertiary/aromatic N) is 1. The number of ether oxygens (including phenoxy) is 1. The lowest BCUT2D eigenvalue weighted by molar-refractivity contribution is 0.122. The number of hydrogen-bond donors (Lipinski definition) is 1. The van der Waals surface area contributed by atoms with Gasteiger partial charge in [0.15, 0.2) is 0 Å². The molecule has 2 aliphatic heterocycles. The Balaban J connectivity index is 1.70. The molecule has 17 heavy (non-hydrogen) atoms. The van der Waals surface area contributed by atoms with Gasteiger partial charge in [0.2, 0.25) is 0 Å². The van der Waals surface area contributed by atoms with Crippen molar-refractivity contribution in [3.63, 3.8) is 0 Å². The Labute approximate surface area is 103 Å². The summed E-state index contributed by atoms with van der Waals surface area (Å²) < 4.78 is 5.37. The van der Waals surface area contributed by atoms with Gasteiger partial charge in [0, 0.05) is 24.8 Å². The van der Waals surface area contributed by atoms with Gasteiger partial charge >= 0.3 is 0 Å². The quantitative estimate of drug-likeness (QED) is 0.843. The minimum Gasteiger partial charge on any atom is -0.378 e. The SMILES string of the molecule is c1cc(N2CCOCC2)ccc1C1CCCN1. The molecule has 1 unspecified atom stereocenters. The normalized spacial score (nSPS) is 25.2. The van der Waals surface area contributed by atoms with Crippen LogP contribution in [0.15, 0.2) is 24.3 Å². The third kappa shape index (κ3) is 2.45. The number of benzene rings is 1. The predicted octanol–water partition coefficient (Wildman–Crippen LogP) is 1.95. The summed E-state index contributed by atoms with van der Waals surface area (Å²) in [5, 5.41) is 3.54. The summed E-state index contributed by atoms with van der Waals surface area (Å²) >= 11 is 0. The van der Waals surface area contributed by atoms with E-state index in [1.165, 1.54) is 24.1 Å². The number of morpholine rings is 1. The Kier molecular flexibility index (Phi) is 3.29. The molecular formula is C14H20N2O. The Morgan fingerprint density at radius 1 is 1.12 bits per heavy atom. The monoisotopic (exact) mass is 232 g/mol. The maximum absolute atomic E-state index is 5.37. The fraction of sp³-hybridized carbons (Fsp3) is 0.571.